The van der Waals surface area contributed by atoms with E-state index in [1.807, 2.05) is 13.8 Å². The number of nitrogens with one attached hydrogen (secondary N) is 2. The van der Waals surface area contributed by atoms with Gasteiger partial charge in [0, 0.05) is 17.7 Å². The Balaban J connectivity index is 1.71. The summed E-state index contributed by atoms with van der Waals surface area (Å²) in [6.07, 6.45) is 1.36. The van der Waals surface area contributed by atoms with E-state index in [2.05, 4.69) is 20.4 Å². The first-order valence-electron chi connectivity index (χ1n) is 9.94. The third-order valence-corrected chi connectivity index (χ3v) is 4.39. The molecular formula is C23H22N4O6. The molecule has 170 valence electrons. The van der Waals surface area contributed by atoms with Gasteiger partial charge in [0.2, 0.25) is 0 Å². The lowest BCUT2D eigenvalue weighted by molar-refractivity contribution is -0.383. The molecule has 0 bridgehead atoms. The second-order valence-electron chi connectivity index (χ2n) is 7.18. The summed E-state index contributed by atoms with van der Waals surface area (Å²) in [5.41, 5.74) is 1.30. The highest BCUT2D eigenvalue weighted by molar-refractivity contribution is 6.04. The van der Waals surface area contributed by atoms with Crippen LogP contribution in [0.1, 0.15) is 34.6 Å². The summed E-state index contributed by atoms with van der Waals surface area (Å²) < 4.78 is 10.2. The Kier molecular flexibility index (Phi) is 7.19. The maximum absolute atomic E-state index is 12.4. The van der Waals surface area contributed by atoms with E-state index >= 15 is 0 Å². The van der Waals surface area contributed by atoms with Gasteiger partial charge < -0.3 is 20.1 Å². The number of anilines is 3. The number of methoxy groups -OCH3 is 1. The van der Waals surface area contributed by atoms with Crippen molar-refractivity contribution < 1.29 is 24.0 Å². The summed E-state index contributed by atoms with van der Waals surface area (Å²) in [4.78, 5) is 39.0. The van der Waals surface area contributed by atoms with Crippen molar-refractivity contribution in [3.05, 3.63) is 82.0 Å². The number of nitrogens with zero attached hydrogens (tertiary/aromatic N) is 2. The van der Waals surface area contributed by atoms with Crippen LogP contribution in [0.3, 0.4) is 0 Å². The van der Waals surface area contributed by atoms with Crippen molar-refractivity contribution in [2.24, 2.45) is 0 Å². The number of ether oxygens (including phenoxy) is 2. The van der Waals surface area contributed by atoms with E-state index in [4.69, 9.17) is 4.74 Å². The molecule has 0 unspecified atom stereocenters. The maximum Gasteiger partial charge on any atom is 0.337 e. The number of amides is 1. The van der Waals surface area contributed by atoms with Crippen LogP contribution in [0, 0.1) is 10.1 Å². The minimum Gasteiger partial charge on any atom is -0.491 e. The van der Waals surface area contributed by atoms with Gasteiger partial charge >= 0.3 is 5.97 Å². The smallest absolute Gasteiger partial charge is 0.337 e. The van der Waals surface area contributed by atoms with Crippen molar-refractivity contribution in [3.63, 3.8) is 0 Å². The number of esters is 1. The summed E-state index contributed by atoms with van der Waals surface area (Å²) in [5, 5.41) is 17.0. The predicted molar refractivity (Wildman–Crippen MR) is 122 cm³/mol. The third kappa shape index (κ3) is 6.03. The van der Waals surface area contributed by atoms with Gasteiger partial charge in [-0.05, 0) is 56.3 Å². The second-order valence-corrected chi connectivity index (χ2v) is 7.18. The highest BCUT2D eigenvalue weighted by Crippen LogP contribution is 2.32. The van der Waals surface area contributed by atoms with Gasteiger partial charge in [-0.3, -0.25) is 14.9 Å². The van der Waals surface area contributed by atoms with E-state index in [9.17, 15) is 19.7 Å². The minimum atomic E-state index is -0.492. The fourth-order valence-electron chi connectivity index (χ4n) is 2.88. The van der Waals surface area contributed by atoms with Gasteiger partial charge in [-0.1, -0.05) is 0 Å². The molecule has 1 amide bonds. The van der Waals surface area contributed by atoms with Crippen LogP contribution < -0.4 is 15.4 Å². The van der Waals surface area contributed by atoms with E-state index in [1.54, 1.807) is 18.2 Å². The standard InChI is InChI=1S/C23H22N4O6/c1-14(2)33-18-9-10-20(27(30)31)19(12-18)25-17-8-11-21(24-13-17)26-22(28)15-4-6-16(7-5-15)23(29)32-3/h4-14,25H,1-3H3,(H,24,26,28). The zero-order valence-corrected chi connectivity index (χ0v) is 18.2. The van der Waals surface area contributed by atoms with Crippen molar-refractivity contribution in [2.45, 2.75) is 20.0 Å². The molecular weight excluding hydrogens is 428 g/mol. The van der Waals surface area contributed by atoms with E-state index in [-0.39, 0.29) is 23.3 Å². The summed E-state index contributed by atoms with van der Waals surface area (Å²) in [7, 11) is 1.28. The minimum absolute atomic E-state index is 0.0828. The van der Waals surface area contributed by atoms with Gasteiger partial charge in [0.15, 0.2) is 0 Å². The number of pyridine rings is 1. The molecule has 3 aromatic rings. The van der Waals surface area contributed by atoms with Crippen LogP contribution in [0.4, 0.5) is 22.9 Å². The number of aromatic nitrogens is 1. The molecule has 0 saturated heterocycles. The average Bonchev–Trinajstić information content (AvgIpc) is 2.79. The molecule has 3 rings (SSSR count). The largest absolute Gasteiger partial charge is 0.491 e. The zero-order valence-electron chi connectivity index (χ0n) is 18.2. The second kappa shape index (κ2) is 10.2. The molecule has 1 heterocycles. The number of benzene rings is 2. The third-order valence-electron chi connectivity index (χ3n) is 4.39. The fraction of sp³-hybridized carbons (Fsp3) is 0.174. The lowest BCUT2D eigenvalue weighted by atomic mass is 10.1. The summed E-state index contributed by atoms with van der Waals surface area (Å²) >= 11 is 0. The van der Waals surface area contributed by atoms with E-state index in [0.29, 0.717) is 22.6 Å². The molecule has 10 nitrogen and oxygen atoms in total. The monoisotopic (exact) mass is 450 g/mol. The molecule has 2 N–H and O–H groups in total. The molecule has 1 aromatic heterocycles. The van der Waals surface area contributed by atoms with Gasteiger partial charge in [-0.2, -0.15) is 0 Å². The Morgan fingerprint density at radius 2 is 1.73 bits per heavy atom. The Bertz CT molecular complexity index is 1160. The van der Waals surface area contributed by atoms with Gasteiger partial charge in [-0.15, -0.1) is 0 Å². The number of rotatable bonds is 8. The highest BCUT2D eigenvalue weighted by Gasteiger charge is 2.16. The zero-order chi connectivity index (χ0) is 24.0. The molecule has 0 aliphatic heterocycles. The van der Waals surface area contributed by atoms with Crippen molar-refractivity contribution in [1.29, 1.82) is 0 Å². The average molecular weight is 450 g/mol. The molecule has 0 aliphatic rings. The molecule has 0 atom stereocenters. The van der Waals surface area contributed by atoms with Crippen molar-refractivity contribution in [2.75, 3.05) is 17.7 Å². The van der Waals surface area contributed by atoms with Gasteiger partial charge in [0.05, 0.1) is 35.6 Å². The molecule has 0 radical (unpaired) electrons. The molecule has 2 aromatic carbocycles. The number of hydrogen-bond donors (Lipinski definition) is 2. The summed E-state index contributed by atoms with van der Waals surface area (Å²) in [6, 6.07) is 13.6. The summed E-state index contributed by atoms with van der Waals surface area (Å²) in [5.74, 6) is -0.121. The first-order chi connectivity index (χ1) is 15.8. The van der Waals surface area contributed by atoms with E-state index in [0.717, 1.165) is 0 Å². The van der Waals surface area contributed by atoms with Crippen molar-refractivity contribution >= 4 is 34.8 Å². The van der Waals surface area contributed by atoms with Crippen LogP contribution in [0.2, 0.25) is 0 Å². The number of carbonyl (C=O) groups is 2. The van der Waals surface area contributed by atoms with Gasteiger partial charge in [0.1, 0.15) is 17.3 Å². The summed E-state index contributed by atoms with van der Waals surface area (Å²) in [6.45, 7) is 3.72. The van der Waals surface area contributed by atoms with Crippen LogP contribution in [0.5, 0.6) is 5.75 Å². The topological polar surface area (TPSA) is 133 Å². The SMILES string of the molecule is COC(=O)c1ccc(C(=O)Nc2ccc(Nc3cc(OC(C)C)ccc3[N+](=O)[O-])cn2)cc1. The first-order valence-corrected chi connectivity index (χ1v) is 9.94. The van der Waals surface area contributed by atoms with E-state index < -0.39 is 16.8 Å². The number of carbonyl (C=O) groups excluding carboxylic acids is 2. The van der Waals surface area contributed by atoms with Crippen molar-refractivity contribution in [1.82, 2.24) is 4.98 Å². The molecule has 33 heavy (non-hydrogen) atoms. The number of nitro benzene ring substituents is 1. The molecule has 0 aliphatic carbocycles. The Labute approximate surface area is 189 Å². The van der Waals surface area contributed by atoms with Crippen LogP contribution in [0.25, 0.3) is 0 Å². The normalized spacial score (nSPS) is 10.4. The van der Waals surface area contributed by atoms with Crippen molar-refractivity contribution in [3.8, 4) is 5.75 Å². The number of nitro groups is 1. The quantitative estimate of drug-likeness (QED) is 0.290. The van der Waals surface area contributed by atoms with Crippen LogP contribution in [0.15, 0.2) is 60.8 Å². The molecule has 0 fully saturated rings. The number of hydrogen-bond acceptors (Lipinski definition) is 8. The maximum atomic E-state index is 12.4. The first kappa shape index (κ1) is 23.2. The van der Waals surface area contributed by atoms with Gasteiger partial charge in [-0.25, -0.2) is 9.78 Å². The van der Waals surface area contributed by atoms with Crippen LogP contribution in [-0.2, 0) is 4.74 Å². The van der Waals surface area contributed by atoms with Crippen LogP contribution in [-0.4, -0.2) is 35.0 Å². The molecule has 0 spiro atoms. The van der Waals surface area contributed by atoms with Gasteiger partial charge in [0.25, 0.3) is 11.6 Å². The van der Waals surface area contributed by atoms with E-state index in [1.165, 1.54) is 49.7 Å². The Morgan fingerprint density at radius 3 is 2.30 bits per heavy atom. The fourth-order valence-corrected chi connectivity index (χ4v) is 2.88. The highest BCUT2D eigenvalue weighted by atomic mass is 16.6. The lowest BCUT2D eigenvalue weighted by Gasteiger charge is -2.13. The Morgan fingerprint density at radius 1 is 1.03 bits per heavy atom. The Hall–Kier alpha value is -4.47. The molecule has 10 heteroatoms. The lowest BCUT2D eigenvalue weighted by Crippen LogP contribution is -2.13. The molecule has 0 saturated carbocycles. The van der Waals surface area contributed by atoms with Crippen LogP contribution >= 0.6 is 0 Å². The predicted octanol–water partition coefficient (Wildman–Crippen LogP) is 4.56.